The molecule has 2 aliphatic heterocycles. The summed E-state index contributed by atoms with van der Waals surface area (Å²) in [6.45, 7) is 7.74. The molecule has 0 unspecified atom stereocenters. The number of amides is 1. The number of carbonyl (C=O) groups excluding carboxylic acids is 1. The number of carbonyl (C=O) groups is 1. The molecule has 2 aliphatic rings. The summed E-state index contributed by atoms with van der Waals surface area (Å²) in [4.78, 5) is 22.5. The molecule has 12 nitrogen and oxygen atoms in total. The number of ether oxygens (including phenoxy) is 4. The molecule has 2 N–H and O–H groups in total. The lowest BCUT2D eigenvalue weighted by atomic mass is 10.0. The van der Waals surface area contributed by atoms with Crippen LogP contribution in [0.2, 0.25) is 0 Å². The van der Waals surface area contributed by atoms with Gasteiger partial charge in [0.1, 0.15) is 12.4 Å². The Morgan fingerprint density at radius 1 is 1.13 bits per heavy atom. The van der Waals surface area contributed by atoms with E-state index in [2.05, 4.69) is 9.97 Å². The van der Waals surface area contributed by atoms with Crippen LogP contribution in [0, 0.1) is 18.8 Å². The number of methoxy groups -OCH3 is 1. The number of rotatable bonds is 9. The highest BCUT2D eigenvalue weighted by Crippen LogP contribution is 2.45. The van der Waals surface area contributed by atoms with Crippen molar-refractivity contribution >= 4 is 17.2 Å². The molecule has 0 radical (unpaired) electrons. The molecule has 0 bridgehead atoms. The molecule has 1 amide bonds. The molecule has 0 atom stereocenters. The number of benzene rings is 1. The Balaban J connectivity index is 1.35. The number of piperidine rings is 1. The van der Waals surface area contributed by atoms with Gasteiger partial charge in [-0.2, -0.15) is 0 Å². The van der Waals surface area contributed by atoms with Crippen LogP contribution < -0.4 is 14.2 Å². The molecule has 1 aromatic heterocycles. The predicted octanol–water partition coefficient (Wildman–Crippen LogP) is 5.01. The highest BCUT2D eigenvalue weighted by atomic mass is 32.3. The van der Waals surface area contributed by atoms with Crippen LogP contribution in [0.25, 0.3) is 0 Å². The van der Waals surface area contributed by atoms with Gasteiger partial charge >= 0.3 is 6.09 Å². The molecule has 3 heterocycles. The van der Waals surface area contributed by atoms with Crippen molar-refractivity contribution in [3.8, 4) is 23.3 Å². The van der Waals surface area contributed by atoms with Crippen molar-refractivity contribution in [2.75, 3.05) is 40.0 Å². The molecule has 0 saturated carbocycles. The minimum Gasteiger partial charge on any atom is -0.493 e. The van der Waals surface area contributed by atoms with E-state index in [1.165, 1.54) is 6.33 Å². The second-order valence-electron chi connectivity index (χ2n) is 10.1. The zero-order valence-electron chi connectivity index (χ0n) is 22.7. The van der Waals surface area contributed by atoms with E-state index in [4.69, 9.17) is 27.3 Å². The van der Waals surface area contributed by atoms with E-state index >= 15 is 0 Å². The normalized spacial score (nSPS) is 19.0. The van der Waals surface area contributed by atoms with Gasteiger partial charge in [-0.15, -0.1) is 0 Å². The van der Waals surface area contributed by atoms with E-state index in [9.17, 15) is 13.9 Å². The Hall–Kier alpha value is -2.84. The lowest BCUT2D eigenvalue weighted by molar-refractivity contribution is 0.0602. The summed E-state index contributed by atoms with van der Waals surface area (Å²) in [5.74, 6) is 2.05. The van der Waals surface area contributed by atoms with E-state index in [1.54, 1.807) is 18.1 Å². The van der Waals surface area contributed by atoms with Gasteiger partial charge in [0, 0.05) is 31.8 Å². The molecule has 1 aromatic carbocycles. The van der Waals surface area contributed by atoms with Crippen LogP contribution in [0.1, 0.15) is 37.8 Å². The molecule has 0 aliphatic carbocycles. The van der Waals surface area contributed by atoms with Crippen molar-refractivity contribution in [2.24, 2.45) is 11.8 Å². The first kappa shape index (κ1) is 29.2. The Labute approximate surface area is 230 Å². The molecule has 2 saturated heterocycles. The monoisotopic (exact) mass is 567 g/mol. The number of likely N-dealkylation sites (tertiary alicyclic amines) is 1. The fraction of sp³-hybridized carbons (Fsp3) is 0.577. The topological polar surface area (TPSA) is 142 Å². The number of nitrogens with zero attached hydrogens (tertiary/aromatic N) is 3. The Morgan fingerprint density at radius 3 is 2.49 bits per heavy atom. The van der Waals surface area contributed by atoms with Crippen LogP contribution in [0.4, 0.5) is 4.79 Å². The van der Waals surface area contributed by atoms with Gasteiger partial charge < -0.3 is 23.8 Å². The maximum atomic E-state index is 12.2. The smallest absolute Gasteiger partial charge is 0.409 e. The van der Waals surface area contributed by atoms with E-state index in [0.29, 0.717) is 73.7 Å². The van der Waals surface area contributed by atoms with Crippen LogP contribution in [0.15, 0.2) is 24.5 Å². The quantitative estimate of drug-likeness (QED) is 0.422. The third kappa shape index (κ3) is 8.08. The predicted molar refractivity (Wildman–Crippen MR) is 143 cm³/mol. The maximum Gasteiger partial charge on any atom is 0.409 e. The highest BCUT2D eigenvalue weighted by molar-refractivity contribution is 8.16. The maximum absolute atomic E-state index is 12.2. The number of hydrogen-bond acceptors (Lipinski definition) is 11. The average Bonchev–Trinajstić information content (AvgIpc) is 2.92. The van der Waals surface area contributed by atoms with E-state index in [1.807, 2.05) is 32.9 Å². The number of aromatic nitrogens is 2. The van der Waals surface area contributed by atoms with Gasteiger partial charge in [0.15, 0.2) is 11.5 Å². The zero-order chi connectivity index (χ0) is 28.0. The van der Waals surface area contributed by atoms with Crippen LogP contribution >= 0.6 is 11.2 Å². The summed E-state index contributed by atoms with van der Waals surface area (Å²) >= 11 is -3.38. The third-order valence-electron chi connectivity index (χ3n) is 6.38. The molecule has 2 aromatic rings. The van der Waals surface area contributed by atoms with Crippen LogP contribution in [0.5, 0.6) is 23.3 Å². The third-order valence-corrected chi connectivity index (χ3v) is 7.27. The van der Waals surface area contributed by atoms with Gasteiger partial charge in [0.2, 0.25) is 22.9 Å². The average molecular weight is 568 g/mol. The summed E-state index contributed by atoms with van der Waals surface area (Å²) in [5, 5.41) is 0. The van der Waals surface area contributed by atoms with E-state index in [-0.39, 0.29) is 31.3 Å². The van der Waals surface area contributed by atoms with E-state index < -0.39 is 11.2 Å². The summed E-state index contributed by atoms with van der Waals surface area (Å²) in [6.07, 6.45) is 2.96. The highest BCUT2D eigenvalue weighted by Gasteiger charge is 2.30. The van der Waals surface area contributed by atoms with Crippen LogP contribution in [-0.2, 0) is 19.5 Å². The Kier molecular flexibility index (Phi) is 9.72. The second kappa shape index (κ2) is 13.0. The molecule has 0 spiro atoms. The minimum atomic E-state index is -3.38. The fourth-order valence-electron chi connectivity index (χ4n) is 4.21. The molecule has 4 rings (SSSR count). The Bertz CT molecular complexity index is 1120. The Morgan fingerprint density at radius 2 is 1.82 bits per heavy atom. The molecule has 2 fully saturated rings. The summed E-state index contributed by atoms with van der Waals surface area (Å²) in [7, 11) is 1.56. The van der Waals surface area contributed by atoms with Gasteiger partial charge in [0.25, 0.3) is 0 Å². The zero-order valence-corrected chi connectivity index (χ0v) is 23.5. The van der Waals surface area contributed by atoms with Gasteiger partial charge in [-0.05, 0) is 37.0 Å². The van der Waals surface area contributed by atoms with Gasteiger partial charge in [-0.3, -0.25) is 17.5 Å². The van der Waals surface area contributed by atoms with Crippen molar-refractivity contribution in [3.05, 3.63) is 35.7 Å². The first-order valence-electron chi connectivity index (χ1n) is 12.9. The molecule has 39 heavy (non-hydrogen) atoms. The minimum absolute atomic E-state index is 0.0252. The first-order chi connectivity index (χ1) is 18.6. The lowest BCUT2D eigenvalue weighted by Crippen LogP contribution is -2.42. The SMILES string of the molecule is COc1cc(CC2COS(O)(O)OC2)ccc1Oc1ncnc(OC2CCN(C(=O)OCC(C)C)CC2)c1C. The summed E-state index contributed by atoms with van der Waals surface area (Å²) < 4.78 is 52.0. The van der Waals surface area contributed by atoms with Crippen molar-refractivity contribution in [3.63, 3.8) is 0 Å². The largest absolute Gasteiger partial charge is 0.493 e. The van der Waals surface area contributed by atoms with Crippen molar-refractivity contribution in [1.29, 1.82) is 0 Å². The summed E-state index contributed by atoms with van der Waals surface area (Å²) in [5.41, 5.74) is 1.61. The molecule has 13 heteroatoms. The standard InChI is InChI=1S/C26H37N3O9S/c1-17(2)13-34-26(30)29-9-7-21(8-10-29)37-24-18(3)25(28-16-27-24)38-22-6-5-19(12-23(22)33-4)11-20-14-35-39(31,32)36-15-20/h5-6,12,16-17,20-21,31-32H,7-11,13-15H2,1-4H3. The van der Waals surface area contributed by atoms with Crippen LogP contribution in [-0.4, -0.2) is 76.2 Å². The van der Waals surface area contributed by atoms with Crippen molar-refractivity contribution in [2.45, 2.75) is 46.1 Å². The first-order valence-corrected chi connectivity index (χ1v) is 14.3. The van der Waals surface area contributed by atoms with E-state index in [0.717, 1.165) is 5.56 Å². The van der Waals surface area contributed by atoms with Crippen molar-refractivity contribution in [1.82, 2.24) is 14.9 Å². The number of hydrogen-bond donors (Lipinski definition) is 2. The van der Waals surface area contributed by atoms with Gasteiger partial charge in [-0.1, -0.05) is 19.9 Å². The van der Waals surface area contributed by atoms with Gasteiger partial charge in [-0.25, -0.2) is 14.8 Å². The van der Waals surface area contributed by atoms with Gasteiger partial charge in [0.05, 0.1) is 32.5 Å². The molecular formula is C26H37N3O9S. The summed E-state index contributed by atoms with van der Waals surface area (Å²) in [6, 6.07) is 5.55. The fourth-order valence-corrected chi connectivity index (χ4v) is 5.02. The van der Waals surface area contributed by atoms with Crippen molar-refractivity contribution < 1.29 is 41.2 Å². The molecular weight excluding hydrogens is 530 g/mol. The second-order valence-corrected chi connectivity index (χ2v) is 11.4. The lowest BCUT2D eigenvalue weighted by Gasteiger charge is -2.33. The molecule has 216 valence electrons. The van der Waals surface area contributed by atoms with Crippen LogP contribution in [0.3, 0.4) is 0 Å².